The largest absolute Gasteiger partial charge is 0.378 e. The van der Waals surface area contributed by atoms with Gasteiger partial charge in [-0.1, -0.05) is 13.8 Å². The van der Waals surface area contributed by atoms with Gasteiger partial charge in [0.05, 0.1) is 19.5 Å². The van der Waals surface area contributed by atoms with Gasteiger partial charge in [-0.15, -0.1) is 0 Å². The molecule has 5 heteroatoms. The molecule has 0 amide bonds. The van der Waals surface area contributed by atoms with Gasteiger partial charge in [0.2, 0.25) is 10.0 Å². The van der Waals surface area contributed by atoms with Crippen molar-refractivity contribution in [2.45, 2.75) is 38.8 Å². The van der Waals surface area contributed by atoms with Crippen molar-refractivity contribution in [2.24, 2.45) is 11.8 Å². The summed E-state index contributed by atoms with van der Waals surface area (Å²) in [6.07, 6.45) is 3.20. The Hall–Kier alpha value is -0.130. The molecular formula is C11H21NO3S. The van der Waals surface area contributed by atoms with Gasteiger partial charge in [0.25, 0.3) is 0 Å². The SMILES string of the molecule is CC(C)C1CC2COCC(C1)N2S(C)(=O)=O. The summed E-state index contributed by atoms with van der Waals surface area (Å²) in [6.45, 7) is 5.56. The average Bonchev–Trinajstić information content (AvgIpc) is 2.13. The number of nitrogens with zero attached hydrogens (tertiary/aromatic N) is 1. The van der Waals surface area contributed by atoms with Gasteiger partial charge < -0.3 is 4.74 Å². The maximum absolute atomic E-state index is 11.7. The predicted octanol–water partition coefficient (Wildman–Crippen LogP) is 1.08. The van der Waals surface area contributed by atoms with Gasteiger partial charge in [-0.2, -0.15) is 4.31 Å². The molecule has 16 heavy (non-hydrogen) atoms. The molecule has 0 N–H and O–H groups in total. The van der Waals surface area contributed by atoms with E-state index >= 15 is 0 Å². The molecule has 0 spiro atoms. The van der Waals surface area contributed by atoms with Gasteiger partial charge in [0.1, 0.15) is 0 Å². The first kappa shape index (κ1) is 12.3. The molecule has 2 bridgehead atoms. The van der Waals surface area contributed by atoms with Crippen molar-refractivity contribution in [3.63, 3.8) is 0 Å². The van der Waals surface area contributed by atoms with Crippen LogP contribution in [0.4, 0.5) is 0 Å². The third kappa shape index (κ3) is 2.26. The van der Waals surface area contributed by atoms with Crippen LogP contribution in [0.25, 0.3) is 0 Å². The fourth-order valence-corrected chi connectivity index (χ4v) is 4.39. The van der Waals surface area contributed by atoms with Crippen molar-refractivity contribution in [1.82, 2.24) is 4.31 Å². The standard InChI is InChI=1S/C11H21NO3S/c1-8(2)9-4-10-6-15-7-11(5-9)12(10)16(3,13)14/h8-11H,4-7H2,1-3H3. The van der Waals surface area contributed by atoms with Gasteiger partial charge in [0.15, 0.2) is 0 Å². The maximum Gasteiger partial charge on any atom is 0.211 e. The molecule has 2 heterocycles. The van der Waals surface area contributed by atoms with Crippen LogP contribution in [0.1, 0.15) is 26.7 Å². The summed E-state index contributed by atoms with van der Waals surface area (Å²) in [5, 5.41) is 0. The summed E-state index contributed by atoms with van der Waals surface area (Å²) in [7, 11) is -3.08. The summed E-state index contributed by atoms with van der Waals surface area (Å²) in [4.78, 5) is 0. The highest BCUT2D eigenvalue weighted by Gasteiger charge is 2.44. The molecule has 94 valence electrons. The summed E-state index contributed by atoms with van der Waals surface area (Å²) in [5.74, 6) is 1.27. The third-order valence-electron chi connectivity index (χ3n) is 3.82. The Morgan fingerprint density at radius 2 is 1.69 bits per heavy atom. The molecule has 0 aromatic carbocycles. The van der Waals surface area contributed by atoms with Gasteiger partial charge in [-0.25, -0.2) is 8.42 Å². The lowest BCUT2D eigenvalue weighted by atomic mass is 9.80. The molecule has 0 aromatic heterocycles. The Morgan fingerprint density at radius 3 is 2.06 bits per heavy atom. The monoisotopic (exact) mass is 247 g/mol. The second-order valence-electron chi connectivity index (χ2n) is 5.41. The van der Waals surface area contributed by atoms with E-state index in [1.807, 2.05) is 0 Å². The van der Waals surface area contributed by atoms with Gasteiger partial charge in [0, 0.05) is 12.1 Å². The number of rotatable bonds is 2. The molecule has 2 rings (SSSR count). The van der Waals surface area contributed by atoms with E-state index in [4.69, 9.17) is 4.74 Å². The van der Waals surface area contributed by atoms with Crippen LogP contribution in [0, 0.1) is 11.8 Å². The molecule has 2 atom stereocenters. The van der Waals surface area contributed by atoms with Crippen molar-refractivity contribution in [1.29, 1.82) is 0 Å². The minimum absolute atomic E-state index is 0.0647. The lowest BCUT2D eigenvalue weighted by Crippen LogP contribution is -2.59. The molecule has 2 saturated heterocycles. The minimum atomic E-state index is -3.08. The molecule has 2 aliphatic heterocycles. The molecule has 0 aromatic rings. The highest BCUT2D eigenvalue weighted by Crippen LogP contribution is 2.36. The molecule has 0 radical (unpaired) electrons. The smallest absolute Gasteiger partial charge is 0.211 e. The Kier molecular flexibility index (Phi) is 3.29. The summed E-state index contributed by atoms with van der Waals surface area (Å²) in [5.41, 5.74) is 0. The van der Waals surface area contributed by atoms with Gasteiger partial charge in [-0.05, 0) is 24.7 Å². The first-order valence-electron chi connectivity index (χ1n) is 5.96. The van der Waals surface area contributed by atoms with E-state index in [0.29, 0.717) is 25.0 Å². The lowest BCUT2D eigenvalue weighted by molar-refractivity contribution is -0.0512. The van der Waals surface area contributed by atoms with Crippen molar-refractivity contribution in [3.05, 3.63) is 0 Å². The van der Waals surface area contributed by atoms with E-state index in [-0.39, 0.29) is 12.1 Å². The topological polar surface area (TPSA) is 46.6 Å². The lowest BCUT2D eigenvalue weighted by Gasteiger charge is -2.47. The average molecular weight is 247 g/mol. The number of hydrogen-bond donors (Lipinski definition) is 0. The highest BCUT2D eigenvalue weighted by atomic mass is 32.2. The fourth-order valence-electron chi connectivity index (χ4n) is 3.01. The normalized spacial score (nSPS) is 36.6. The van der Waals surface area contributed by atoms with Crippen LogP contribution in [0.15, 0.2) is 0 Å². The first-order valence-corrected chi connectivity index (χ1v) is 7.80. The summed E-state index contributed by atoms with van der Waals surface area (Å²) in [6, 6.07) is 0.129. The third-order valence-corrected chi connectivity index (χ3v) is 5.18. The van der Waals surface area contributed by atoms with Crippen LogP contribution in [-0.2, 0) is 14.8 Å². The Bertz CT molecular complexity index is 338. The predicted molar refractivity (Wildman–Crippen MR) is 62.6 cm³/mol. The second kappa shape index (κ2) is 4.27. The number of fused-ring (bicyclic) bond motifs is 2. The fraction of sp³-hybridized carbons (Fsp3) is 1.00. The molecule has 0 aliphatic carbocycles. The second-order valence-corrected chi connectivity index (χ2v) is 7.30. The van der Waals surface area contributed by atoms with E-state index in [2.05, 4.69) is 13.8 Å². The van der Waals surface area contributed by atoms with E-state index in [1.54, 1.807) is 4.31 Å². The zero-order chi connectivity index (χ0) is 11.9. The number of ether oxygens (including phenoxy) is 1. The summed E-state index contributed by atoms with van der Waals surface area (Å²) >= 11 is 0. The number of sulfonamides is 1. The van der Waals surface area contributed by atoms with Crippen LogP contribution in [0.3, 0.4) is 0 Å². The maximum atomic E-state index is 11.7. The Balaban J connectivity index is 2.20. The van der Waals surface area contributed by atoms with Crippen LogP contribution in [-0.4, -0.2) is 44.3 Å². The number of hydrogen-bond acceptors (Lipinski definition) is 3. The molecule has 0 saturated carbocycles. The van der Waals surface area contributed by atoms with Crippen molar-refractivity contribution >= 4 is 10.0 Å². The zero-order valence-electron chi connectivity index (χ0n) is 10.2. The number of piperidine rings is 1. The van der Waals surface area contributed by atoms with E-state index in [1.165, 1.54) is 6.26 Å². The zero-order valence-corrected chi connectivity index (χ0v) is 11.0. The Morgan fingerprint density at radius 1 is 1.19 bits per heavy atom. The van der Waals surface area contributed by atoms with Crippen LogP contribution in [0.5, 0.6) is 0 Å². The van der Waals surface area contributed by atoms with Crippen LogP contribution >= 0.6 is 0 Å². The van der Waals surface area contributed by atoms with E-state index in [0.717, 1.165) is 12.8 Å². The van der Waals surface area contributed by atoms with E-state index in [9.17, 15) is 8.42 Å². The van der Waals surface area contributed by atoms with Gasteiger partial charge in [-0.3, -0.25) is 0 Å². The molecule has 2 fully saturated rings. The molecule has 4 nitrogen and oxygen atoms in total. The molecular weight excluding hydrogens is 226 g/mol. The minimum Gasteiger partial charge on any atom is -0.378 e. The highest BCUT2D eigenvalue weighted by molar-refractivity contribution is 7.88. The summed E-state index contributed by atoms with van der Waals surface area (Å²) < 4.78 is 30.7. The van der Waals surface area contributed by atoms with Crippen LogP contribution in [0.2, 0.25) is 0 Å². The van der Waals surface area contributed by atoms with Crippen molar-refractivity contribution in [2.75, 3.05) is 19.5 Å². The number of morpholine rings is 1. The molecule has 2 unspecified atom stereocenters. The van der Waals surface area contributed by atoms with Crippen molar-refractivity contribution < 1.29 is 13.2 Å². The van der Waals surface area contributed by atoms with Crippen molar-refractivity contribution in [3.8, 4) is 0 Å². The first-order chi connectivity index (χ1) is 7.39. The Labute approximate surface area is 98.0 Å². The van der Waals surface area contributed by atoms with Gasteiger partial charge >= 0.3 is 0 Å². The quantitative estimate of drug-likeness (QED) is 0.733. The molecule has 2 aliphatic rings. The van der Waals surface area contributed by atoms with Crippen LogP contribution < -0.4 is 0 Å². The van der Waals surface area contributed by atoms with E-state index < -0.39 is 10.0 Å².